The molecule has 0 unspecified atom stereocenters. The number of ether oxygens (including phenoxy) is 2. The van der Waals surface area contributed by atoms with Gasteiger partial charge in [-0.25, -0.2) is 9.48 Å². The molecule has 4 rings (SSSR count). The third-order valence-electron chi connectivity index (χ3n) is 4.60. The molecule has 156 valence electrons. The Bertz CT molecular complexity index is 1030. The Labute approximate surface area is 183 Å². The van der Waals surface area contributed by atoms with E-state index in [1.54, 1.807) is 34.9 Å². The lowest BCUT2D eigenvalue weighted by Crippen LogP contribution is -2.29. The van der Waals surface area contributed by atoms with E-state index in [1.807, 2.05) is 42.6 Å². The number of hydrogen-bond acceptors (Lipinski definition) is 8. The zero-order chi connectivity index (χ0) is 20.9. The first-order valence-electron chi connectivity index (χ1n) is 9.48. The average Bonchev–Trinajstić information content (AvgIpc) is 3.42. The predicted molar refractivity (Wildman–Crippen MR) is 118 cm³/mol. The first kappa shape index (κ1) is 20.6. The Kier molecular flexibility index (Phi) is 6.51. The second kappa shape index (κ2) is 9.46. The molecule has 0 amide bonds. The molecular weight excluding hydrogens is 420 g/mol. The highest BCUT2D eigenvalue weighted by molar-refractivity contribution is 7.98. The van der Waals surface area contributed by atoms with E-state index in [9.17, 15) is 4.79 Å². The van der Waals surface area contributed by atoms with E-state index in [2.05, 4.69) is 22.4 Å². The van der Waals surface area contributed by atoms with Crippen molar-refractivity contribution in [1.82, 2.24) is 14.8 Å². The fourth-order valence-electron chi connectivity index (χ4n) is 3.18. The van der Waals surface area contributed by atoms with Crippen molar-refractivity contribution < 1.29 is 14.3 Å². The molecule has 7 nitrogen and oxygen atoms in total. The molecule has 30 heavy (non-hydrogen) atoms. The van der Waals surface area contributed by atoms with Gasteiger partial charge < -0.3 is 14.8 Å². The Morgan fingerprint density at radius 2 is 2.07 bits per heavy atom. The molecule has 0 saturated heterocycles. The molecule has 0 radical (unpaired) electrons. The van der Waals surface area contributed by atoms with Gasteiger partial charge in [0.05, 0.1) is 12.2 Å². The van der Waals surface area contributed by atoms with Gasteiger partial charge in [0.25, 0.3) is 0 Å². The van der Waals surface area contributed by atoms with Gasteiger partial charge >= 0.3 is 5.97 Å². The van der Waals surface area contributed by atoms with Gasteiger partial charge in [0, 0.05) is 23.4 Å². The summed E-state index contributed by atoms with van der Waals surface area (Å²) in [6.45, 7) is 2.41. The topological polar surface area (TPSA) is 78.3 Å². The van der Waals surface area contributed by atoms with Crippen LogP contribution in [0.15, 0.2) is 64.3 Å². The summed E-state index contributed by atoms with van der Waals surface area (Å²) in [7, 11) is 1.57. The van der Waals surface area contributed by atoms with Gasteiger partial charge in [0.1, 0.15) is 12.6 Å². The number of esters is 1. The van der Waals surface area contributed by atoms with E-state index in [0.717, 1.165) is 16.3 Å². The first-order chi connectivity index (χ1) is 14.7. The van der Waals surface area contributed by atoms with Crippen LogP contribution >= 0.6 is 23.1 Å². The molecule has 1 N–H and O–H groups in total. The van der Waals surface area contributed by atoms with Crippen LogP contribution in [-0.4, -0.2) is 41.1 Å². The number of carbonyl (C=O) groups is 1. The SMILES string of the molecule is COCCOC(=O)C1=C(C)Nc2nc(SCc3ccccc3)nn2[C@@H]1c1cccs1. The molecule has 0 saturated carbocycles. The Morgan fingerprint density at radius 1 is 1.23 bits per heavy atom. The third-order valence-corrected chi connectivity index (χ3v) is 6.43. The maximum Gasteiger partial charge on any atom is 0.338 e. The van der Waals surface area contributed by atoms with Crippen molar-refractivity contribution in [2.24, 2.45) is 0 Å². The maximum atomic E-state index is 12.9. The summed E-state index contributed by atoms with van der Waals surface area (Å²) in [5.74, 6) is 1.01. The highest BCUT2D eigenvalue weighted by Crippen LogP contribution is 2.38. The number of carbonyl (C=O) groups excluding carboxylic acids is 1. The molecular formula is C21H22N4O3S2. The van der Waals surface area contributed by atoms with Gasteiger partial charge in [-0.2, -0.15) is 4.98 Å². The number of thiophene rings is 1. The van der Waals surface area contributed by atoms with Crippen molar-refractivity contribution in [1.29, 1.82) is 0 Å². The number of hydrogen-bond donors (Lipinski definition) is 1. The number of benzene rings is 1. The highest BCUT2D eigenvalue weighted by atomic mass is 32.2. The van der Waals surface area contributed by atoms with Gasteiger partial charge in [-0.1, -0.05) is 48.2 Å². The van der Waals surface area contributed by atoms with E-state index in [-0.39, 0.29) is 18.6 Å². The van der Waals surface area contributed by atoms with Crippen molar-refractivity contribution in [3.63, 3.8) is 0 Å². The number of thioether (sulfide) groups is 1. The largest absolute Gasteiger partial charge is 0.460 e. The summed E-state index contributed by atoms with van der Waals surface area (Å²) in [5.41, 5.74) is 2.45. The lowest BCUT2D eigenvalue weighted by Gasteiger charge is -2.27. The first-order valence-corrected chi connectivity index (χ1v) is 11.3. The average molecular weight is 443 g/mol. The zero-order valence-electron chi connectivity index (χ0n) is 16.7. The smallest absolute Gasteiger partial charge is 0.338 e. The van der Waals surface area contributed by atoms with E-state index in [0.29, 0.717) is 23.3 Å². The summed E-state index contributed by atoms with van der Waals surface area (Å²) in [4.78, 5) is 18.5. The summed E-state index contributed by atoms with van der Waals surface area (Å²) in [6, 6.07) is 13.8. The normalized spacial score (nSPS) is 15.6. The number of fused-ring (bicyclic) bond motifs is 1. The lowest BCUT2D eigenvalue weighted by atomic mass is 10.0. The van der Waals surface area contributed by atoms with E-state index in [4.69, 9.17) is 14.6 Å². The van der Waals surface area contributed by atoms with Crippen LogP contribution in [0.4, 0.5) is 5.95 Å². The Hall–Kier alpha value is -2.62. The number of allylic oxidation sites excluding steroid dienone is 1. The van der Waals surface area contributed by atoms with Crippen molar-refractivity contribution >= 4 is 35.0 Å². The fraction of sp³-hybridized carbons (Fsp3) is 0.286. The molecule has 1 aliphatic heterocycles. The second-order valence-electron chi connectivity index (χ2n) is 6.65. The van der Waals surface area contributed by atoms with Gasteiger partial charge in [0.15, 0.2) is 0 Å². The highest BCUT2D eigenvalue weighted by Gasteiger charge is 2.35. The molecule has 2 aromatic heterocycles. The van der Waals surface area contributed by atoms with Gasteiger partial charge in [-0.05, 0) is 23.9 Å². The molecule has 0 bridgehead atoms. The number of nitrogens with zero attached hydrogens (tertiary/aromatic N) is 3. The van der Waals surface area contributed by atoms with Crippen molar-refractivity contribution in [2.75, 3.05) is 25.6 Å². The van der Waals surface area contributed by atoms with E-state index < -0.39 is 0 Å². The molecule has 0 spiro atoms. The van der Waals surface area contributed by atoms with Crippen molar-refractivity contribution in [2.45, 2.75) is 23.9 Å². The van der Waals surface area contributed by atoms with E-state index in [1.165, 1.54) is 5.56 Å². The summed E-state index contributed by atoms with van der Waals surface area (Å²) >= 11 is 3.14. The molecule has 0 aliphatic carbocycles. The third kappa shape index (κ3) is 4.43. The number of nitrogens with one attached hydrogen (secondary N) is 1. The lowest BCUT2D eigenvalue weighted by molar-refractivity contribution is -0.140. The zero-order valence-corrected chi connectivity index (χ0v) is 18.3. The second-order valence-corrected chi connectivity index (χ2v) is 8.57. The van der Waals surface area contributed by atoms with Crippen molar-refractivity contribution in [3.8, 4) is 0 Å². The molecule has 1 aliphatic rings. The number of aromatic nitrogens is 3. The minimum Gasteiger partial charge on any atom is -0.460 e. The van der Waals surface area contributed by atoms with Crippen LogP contribution in [0.2, 0.25) is 0 Å². The van der Waals surface area contributed by atoms with Gasteiger partial charge in [-0.3, -0.25) is 0 Å². The maximum absolute atomic E-state index is 12.9. The number of rotatable bonds is 8. The van der Waals surface area contributed by atoms with Crippen LogP contribution in [-0.2, 0) is 20.0 Å². The minimum atomic E-state index is -0.380. The predicted octanol–water partition coefficient (Wildman–Crippen LogP) is 4.11. The van der Waals surface area contributed by atoms with Crippen LogP contribution in [0.5, 0.6) is 0 Å². The van der Waals surface area contributed by atoms with Crippen LogP contribution in [0.1, 0.15) is 23.4 Å². The molecule has 1 aromatic carbocycles. The molecule has 3 heterocycles. The van der Waals surface area contributed by atoms with Crippen LogP contribution in [0, 0.1) is 0 Å². The molecule has 0 fully saturated rings. The van der Waals surface area contributed by atoms with Gasteiger partial charge in [0.2, 0.25) is 11.1 Å². The Morgan fingerprint density at radius 3 is 2.80 bits per heavy atom. The number of anilines is 1. The van der Waals surface area contributed by atoms with Crippen LogP contribution in [0.3, 0.4) is 0 Å². The monoisotopic (exact) mass is 442 g/mol. The molecule has 1 atom stereocenters. The minimum absolute atomic E-state index is 0.200. The summed E-state index contributed by atoms with van der Waals surface area (Å²) in [6.07, 6.45) is 0. The quantitative estimate of drug-likeness (QED) is 0.319. The van der Waals surface area contributed by atoms with Crippen LogP contribution < -0.4 is 5.32 Å². The molecule has 3 aromatic rings. The summed E-state index contributed by atoms with van der Waals surface area (Å²) in [5, 5.41) is 10.6. The van der Waals surface area contributed by atoms with Crippen LogP contribution in [0.25, 0.3) is 0 Å². The molecule has 9 heteroatoms. The fourth-order valence-corrected chi connectivity index (χ4v) is 4.79. The standard InChI is InChI=1S/C21H22N4O3S2/c1-14-17(19(26)28-11-10-27-2)18(16-9-6-12-29-16)25-20(22-14)23-21(24-25)30-13-15-7-4-3-5-8-15/h3-9,12,18H,10-11,13H2,1-2H3,(H,22,23,24)/t18-/m1/s1. The number of methoxy groups -OCH3 is 1. The summed E-state index contributed by atoms with van der Waals surface area (Å²) < 4.78 is 12.2. The van der Waals surface area contributed by atoms with Gasteiger partial charge in [-0.15, -0.1) is 16.4 Å². The Balaban J connectivity index is 1.61. The van der Waals surface area contributed by atoms with Crippen molar-refractivity contribution in [3.05, 3.63) is 69.6 Å². The van der Waals surface area contributed by atoms with E-state index >= 15 is 0 Å².